The first-order valence-electron chi connectivity index (χ1n) is 17.2. The summed E-state index contributed by atoms with van der Waals surface area (Å²) in [7, 11) is 0. The Bertz CT molecular complexity index is 435. The average Bonchev–Trinajstić information content (AvgIpc) is 2.89. The monoisotopic (exact) mass is 523 g/mol. The SMILES string of the molecule is C=COC(O)(CCCCCCCCCCCCCCC)CCCCCCCCCCCCCCCCC. The molecule has 0 rings (SSSR count). The number of rotatable bonds is 32. The summed E-state index contributed by atoms with van der Waals surface area (Å²) in [6.45, 7) is 8.28. The van der Waals surface area contributed by atoms with E-state index in [0.717, 1.165) is 25.7 Å². The molecule has 2 heteroatoms. The summed E-state index contributed by atoms with van der Waals surface area (Å²) in [4.78, 5) is 0. The van der Waals surface area contributed by atoms with Gasteiger partial charge in [-0.1, -0.05) is 187 Å². The van der Waals surface area contributed by atoms with Gasteiger partial charge >= 0.3 is 0 Å². The third kappa shape index (κ3) is 28.3. The van der Waals surface area contributed by atoms with E-state index in [1.165, 1.54) is 173 Å². The van der Waals surface area contributed by atoms with Crippen molar-refractivity contribution in [2.75, 3.05) is 0 Å². The normalized spacial score (nSPS) is 13.1. The maximum atomic E-state index is 10.9. The highest BCUT2D eigenvalue weighted by atomic mass is 16.6. The molecule has 0 radical (unpaired) electrons. The molecular formula is C35H70O2. The van der Waals surface area contributed by atoms with Gasteiger partial charge in [0.05, 0.1) is 6.26 Å². The molecule has 1 unspecified atom stereocenters. The summed E-state index contributed by atoms with van der Waals surface area (Å²) in [5, 5.41) is 10.9. The van der Waals surface area contributed by atoms with E-state index in [0.29, 0.717) is 0 Å². The van der Waals surface area contributed by atoms with Gasteiger partial charge in [-0.05, 0) is 12.8 Å². The van der Waals surface area contributed by atoms with Crippen LogP contribution < -0.4 is 0 Å². The molecule has 0 aromatic rings. The molecule has 1 atom stereocenters. The third-order valence-corrected chi connectivity index (χ3v) is 8.14. The lowest BCUT2D eigenvalue weighted by Crippen LogP contribution is -2.30. The van der Waals surface area contributed by atoms with Crippen LogP contribution in [0.15, 0.2) is 12.8 Å². The highest BCUT2D eigenvalue weighted by Gasteiger charge is 2.26. The van der Waals surface area contributed by atoms with E-state index in [-0.39, 0.29) is 0 Å². The predicted molar refractivity (Wildman–Crippen MR) is 166 cm³/mol. The van der Waals surface area contributed by atoms with E-state index in [1.54, 1.807) is 0 Å². The molecule has 37 heavy (non-hydrogen) atoms. The standard InChI is InChI=1S/C35H70O2/c1-4-7-9-11-13-15-17-19-20-22-24-26-28-30-32-34-35(36,37-6-3)33-31-29-27-25-23-21-18-16-14-12-10-8-5-2/h6,36H,3-5,7-34H2,1-2H3. The molecule has 0 fully saturated rings. The Morgan fingerprint density at radius 3 is 0.865 bits per heavy atom. The second-order valence-electron chi connectivity index (χ2n) is 11.9. The van der Waals surface area contributed by atoms with Crippen LogP contribution in [0.25, 0.3) is 0 Å². The molecule has 222 valence electrons. The van der Waals surface area contributed by atoms with Gasteiger partial charge in [0, 0.05) is 12.8 Å². The number of hydrogen-bond acceptors (Lipinski definition) is 2. The Morgan fingerprint density at radius 1 is 0.432 bits per heavy atom. The van der Waals surface area contributed by atoms with Gasteiger partial charge in [0.15, 0.2) is 0 Å². The minimum atomic E-state index is -0.990. The highest BCUT2D eigenvalue weighted by Crippen LogP contribution is 2.25. The largest absolute Gasteiger partial charge is 0.471 e. The Balaban J connectivity index is 3.52. The van der Waals surface area contributed by atoms with Crippen LogP contribution >= 0.6 is 0 Å². The number of ether oxygens (including phenoxy) is 1. The van der Waals surface area contributed by atoms with Crippen LogP contribution in [-0.2, 0) is 4.74 Å². The highest BCUT2D eigenvalue weighted by molar-refractivity contribution is 4.71. The van der Waals surface area contributed by atoms with E-state index in [9.17, 15) is 5.11 Å². The van der Waals surface area contributed by atoms with Crippen molar-refractivity contribution in [2.24, 2.45) is 0 Å². The topological polar surface area (TPSA) is 29.5 Å². The first-order chi connectivity index (χ1) is 18.2. The Labute approximate surface area is 234 Å². The molecule has 0 bridgehead atoms. The van der Waals surface area contributed by atoms with Crippen LogP contribution in [0.1, 0.15) is 206 Å². The number of aliphatic hydroxyl groups is 1. The van der Waals surface area contributed by atoms with Crippen LogP contribution in [0.4, 0.5) is 0 Å². The number of unbranched alkanes of at least 4 members (excludes halogenated alkanes) is 26. The molecule has 1 N–H and O–H groups in total. The Hall–Kier alpha value is -0.500. The fourth-order valence-electron chi connectivity index (χ4n) is 5.59. The molecule has 0 spiro atoms. The maximum absolute atomic E-state index is 10.9. The van der Waals surface area contributed by atoms with Crippen molar-refractivity contribution in [1.82, 2.24) is 0 Å². The summed E-state index contributed by atoms with van der Waals surface area (Å²) < 4.78 is 5.58. The summed E-state index contributed by atoms with van der Waals surface area (Å²) in [6.07, 6.45) is 41.0. The van der Waals surface area contributed by atoms with Crippen LogP contribution in [0.2, 0.25) is 0 Å². The minimum Gasteiger partial charge on any atom is -0.471 e. The zero-order valence-corrected chi connectivity index (χ0v) is 25.9. The summed E-state index contributed by atoms with van der Waals surface area (Å²) in [6, 6.07) is 0. The van der Waals surface area contributed by atoms with Gasteiger partial charge in [0.1, 0.15) is 0 Å². The number of hydrogen-bond donors (Lipinski definition) is 1. The van der Waals surface area contributed by atoms with Gasteiger partial charge in [-0.2, -0.15) is 0 Å². The van der Waals surface area contributed by atoms with Crippen LogP contribution in [0.5, 0.6) is 0 Å². The third-order valence-electron chi connectivity index (χ3n) is 8.14. The molecule has 0 aliphatic rings. The Kier molecular flexibility index (Phi) is 29.6. The van der Waals surface area contributed by atoms with Gasteiger partial charge in [-0.15, -0.1) is 0 Å². The molecule has 0 aliphatic carbocycles. The zero-order valence-electron chi connectivity index (χ0n) is 25.9. The van der Waals surface area contributed by atoms with Crippen molar-refractivity contribution in [3.8, 4) is 0 Å². The second-order valence-corrected chi connectivity index (χ2v) is 11.9. The molecule has 0 heterocycles. The molecule has 0 amide bonds. The molecule has 2 nitrogen and oxygen atoms in total. The van der Waals surface area contributed by atoms with Crippen molar-refractivity contribution in [1.29, 1.82) is 0 Å². The Morgan fingerprint density at radius 2 is 0.649 bits per heavy atom. The maximum Gasteiger partial charge on any atom is 0.207 e. The second kappa shape index (κ2) is 30.0. The molecule has 0 aliphatic heterocycles. The first kappa shape index (κ1) is 36.5. The van der Waals surface area contributed by atoms with Gasteiger partial charge < -0.3 is 9.84 Å². The summed E-state index contributed by atoms with van der Waals surface area (Å²) >= 11 is 0. The van der Waals surface area contributed by atoms with Crippen LogP contribution in [0, 0.1) is 0 Å². The van der Waals surface area contributed by atoms with E-state index >= 15 is 0 Å². The minimum absolute atomic E-state index is 0.745. The summed E-state index contributed by atoms with van der Waals surface area (Å²) in [5.74, 6) is -0.990. The van der Waals surface area contributed by atoms with Crippen molar-refractivity contribution in [2.45, 2.75) is 212 Å². The van der Waals surface area contributed by atoms with Gasteiger partial charge in [-0.3, -0.25) is 0 Å². The predicted octanol–water partition coefficient (Wildman–Crippen LogP) is 12.6. The smallest absolute Gasteiger partial charge is 0.207 e. The van der Waals surface area contributed by atoms with E-state index in [4.69, 9.17) is 4.74 Å². The lowest BCUT2D eigenvalue weighted by molar-refractivity contribution is -0.177. The first-order valence-corrected chi connectivity index (χ1v) is 17.2. The summed E-state index contributed by atoms with van der Waals surface area (Å²) in [5.41, 5.74) is 0. The van der Waals surface area contributed by atoms with Gasteiger partial charge in [0.25, 0.3) is 0 Å². The van der Waals surface area contributed by atoms with E-state index < -0.39 is 5.79 Å². The van der Waals surface area contributed by atoms with Gasteiger partial charge in [0.2, 0.25) is 5.79 Å². The fourth-order valence-corrected chi connectivity index (χ4v) is 5.59. The molecule has 0 saturated heterocycles. The van der Waals surface area contributed by atoms with Crippen molar-refractivity contribution in [3.05, 3.63) is 12.8 Å². The van der Waals surface area contributed by atoms with E-state index in [1.807, 2.05) is 0 Å². The fraction of sp³-hybridized carbons (Fsp3) is 0.943. The average molecular weight is 523 g/mol. The van der Waals surface area contributed by atoms with Gasteiger partial charge in [-0.25, -0.2) is 0 Å². The zero-order chi connectivity index (χ0) is 27.1. The van der Waals surface area contributed by atoms with Crippen molar-refractivity contribution < 1.29 is 9.84 Å². The molecule has 0 aromatic carbocycles. The van der Waals surface area contributed by atoms with Crippen LogP contribution in [-0.4, -0.2) is 10.9 Å². The quantitative estimate of drug-likeness (QED) is 0.0540. The molecule has 0 aromatic heterocycles. The molecule has 0 saturated carbocycles. The van der Waals surface area contributed by atoms with Crippen molar-refractivity contribution in [3.63, 3.8) is 0 Å². The lowest BCUT2D eigenvalue weighted by Gasteiger charge is -2.27. The van der Waals surface area contributed by atoms with Crippen LogP contribution in [0.3, 0.4) is 0 Å². The van der Waals surface area contributed by atoms with Crippen molar-refractivity contribution >= 4 is 0 Å². The lowest BCUT2D eigenvalue weighted by atomic mass is 9.98. The molecular weight excluding hydrogens is 452 g/mol. The van der Waals surface area contributed by atoms with E-state index in [2.05, 4.69) is 20.4 Å².